The fourth-order valence-electron chi connectivity index (χ4n) is 6.97. The van der Waals surface area contributed by atoms with Crippen LogP contribution in [0.1, 0.15) is 45.0 Å². The number of ether oxygens (including phenoxy) is 3. The third kappa shape index (κ3) is 5.51. The van der Waals surface area contributed by atoms with Crippen molar-refractivity contribution < 1.29 is 36.7 Å². The molecule has 3 aliphatic heterocycles. The Morgan fingerprint density at radius 3 is 2.43 bits per heavy atom. The second kappa shape index (κ2) is 12.4. The highest BCUT2D eigenvalue weighted by Gasteiger charge is 2.49. The monoisotopic (exact) mass is 746 g/mol. The van der Waals surface area contributed by atoms with Crippen LogP contribution in [0.4, 0.5) is 0 Å². The van der Waals surface area contributed by atoms with Gasteiger partial charge in [0.2, 0.25) is 12.7 Å². The number of carbonyl (C=O) groups excluding carboxylic acids is 1. The van der Waals surface area contributed by atoms with Crippen LogP contribution in [0.15, 0.2) is 75.7 Å². The molecule has 3 aliphatic rings. The SMILES string of the molecule is COc1c(C)c(Br)c2c(c1O)[C@@H]1/C(=C\c3cc4c(c(C)c3OS(=O)(=O)c3ccc(C)cc3)OCO4)N(Cc3ccccc3)C(=O)[C@H](C2)N1C. The summed E-state index contributed by atoms with van der Waals surface area (Å²) in [7, 11) is -0.926. The highest BCUT2D eigenvalue weighted by molar-refractivity contribution is 9.10. The zero-order valence-electron chi connectivity index (χ0n) is 27.6. The van der Waals surface area contributed by atoms with E-state index in [1.165, 1.54) is 19.2 Å². The van der Waals surface area contributed by atoms with Gasteiger partial charge in [-0.1, -0.05) is 64.0 Å². The fourth-order valence-corrected chi connectivity index (χ4v) is 8.53. The van der Waals surface area contributed by atoms with Crippen LogP contribution in [-0.4, -0.2) is 56.2 Å². The van der Waals surface area contributed by atoms with Crippen molar-refractivity contribution in [2.45, 2.75) is 50.7 Å². The molecule has 0 aromatic heterocycles. The van der Waals surface area contributed by atoms with Crippen LogP contribution < -0.4 is 18.4 Å². The minimum absolute atomic E-state index is 0.00617. The quantitative estimate of drug-likeness (QED) is 0.210. The van der Waals surface area contributed by atoms with Gasteiger partial charge in [0.15, 0.2) is 28.7 Å². The van der Waals surface area contributed by atoms with E-state index in [2.05, 4.69) is 15.9 Å². The summed E-state index contributed by atoms with van der Waals surface area (Å²) in [4.78, 5) is 18.2. The van der Waals surface area contributed by atoms with E-state index < -0.39 is 22.2 Å². The number of amides is 1. The molecule has 1 fully saturated rings. The number of halogens is 1. The molecule has 49 heavy (non-hydrogen) atoms. The van der Waals surface area contributed by atoms with Gasteiger partial charge in [-0.3, -0.25) is 9.69 Å². The Balaban J connectivity index is 1.48. The molecule has 2 bridgehead atoms. The number of piperazine rings is 1. The van der Waals surface area contributed by atoms with E-state index in [0.29, 0.717) is 46.1 Å². The maximum atomic E-state index is 14.5. The normalized spacial score (nSPS) is 19.3. The number of aromatic hydroxyl groups is 1. The minimum atomic E-state index is -4.29. The van der Waals surface area contributed by atoms with Gasteiger partial charge >= 0.3 is 10.1 Å². The molecule has 2 atom stereocenters. The fraction of sp³-hybridized carbons (Fsp3) is 0.270. The van der Waals surface area contributed by atoms with Crippen molar-refractivity contribution in [3.05, 3.63) is 110 Å². The predicted molar refractivity (Wildman–Crippen MR) is 186 cm³/mol. The first-order valence-electron chi connectivity index (χ1n) is 15.7. The number of benzene rings is 4. The lowest BCUT2D eigenvalue weighted by molar-refractivity contribution is -0.141. The van der Waals surface area contributed by atoms with Gasteiger partial charge in [0, 0.05) is 32.4 Å². The zero-order chi connectivity index (χ0) is 34.8. The minimum Gasteiger partial charge on any atom is -0.504 e. The molecule has 7 rings (SSSR count). The molecule has 3 heterocycles. The van der Waals surface area contributed by atoms with Crippen molar-refractivity contribution in [3.63, 3.8) is 0 Å². The largest absolute Gasteiger partial charge is 0.504 e. The Morgan fingerprint density at radius 1 is 1.02 bits per heavy atom. The smallest absolute Gasteiger partial charge is 0.339 e. The summed E-state index contributed by atoms with van der Waals surface area (Å²) >= 11 is 3.74. The van der Waals surface area contributed by atoms with Crippen molar-refractivity contribution in [2.24, 2.45) is 0 Å². The molecule has 0 saturated carbocycles. The van der Waals surface area contributed by atoms with Crippen molar-refractivity contribution in [3.8, 4) is 28.7 Å². The van der Waals surface area contributed by atoms with Gasteiger partial charge in [-0.05, 0) is 69.6 Å². The molecule has 0 unspecified atom stereocenters. The first kappa shape index (κ1) is 33.0. The molecule has 1 saturated heterocycles. The van der Waals surface area contributed by atoms with E-state index in [1.807, 2.05) is 56.1 Å². The van der Waals surface area contributed by atoms with Crippen LogP contribution in [0.3, 0.4) is 0 Å². The molecule has 1 amide bonds. The number of fused-ring (bicyclic) bond motifs is 5. The lowest BCUT2D eigenvalue weighted by Gasteiger charge is -2.50. The van der Waals surface area contributed by atoms with Gasteiger partial charge in [0.1, 0.15) is 4.90 Å². The molecule has 12 heteroatoms. The molecule has 0 radical (unpaired) electrons. The zero-order valence-corrected chi connectivity index (χ0v) is 30.0. The van der Waals surface area contributed by atoms with Crippen molar-refractivity contribution in [2.75, 3.05) is 21.0 Å². The van der Waals surface area contributed by atoms with E-state index in [1.54, 1.807) is 36.1 Å². The number of phenolic OH excluding ortho intramolecular Hbond substituents is 1. The average Bonchev–Trinajstić information content (AvgIpc) is 3.56. The van der Waals surface area contributed by atoms with Crippen LogP contribution >= 0.6 is 15.9 Å². The highest BCUT2D eigenvalue weighted by Crippen LogP contribution is 2.54. The third-order valence-electron chi connectivity index (χ3n) is 9.51. The summed E-state index contributed by atoms with van der Waals surface area (Å²) in [5.74, 6) is 1.01. The lowest BCUT2D eigenvalue weighted by Crippen LogP contribution is -2.58. The maximum Gasteiger partial charge on any atom is 0.339 e. The number of aryl methyl sites for hydroxylation is 1. The molecule has 4 aromatic carbocycles. The van der Waals surface area contributed by atoms with Crippen LogP contribution in [0.25, 0.3) is 6.08 Å². The van der Waals surface area contributed by atoms with E-state index >= 15 is 0 Å². The molecular formula is C37H35BrN2O8S. The van der Waals surface area contributed by atoms with Crippen molar-refractivity contribution in [1.29, 1.82) is 0 Å². The summed E-state index contributed by atoms with van der Waals surface area (Å²) in [6.45, 7) is 5.63. The summed E-state index contributed by atoms with van der Waals surface area (Å²) in [5, 5.41) is 11.8. The number of methoxy groups -OCH3 is 1. The molecule has 254 valence electrons. The van der Waals surface area contributed by atoms with E-state index in [9.17, 15) is 18.3 Å². The second-order valence-electron chi connectivity index (χ2n) is 12.5. The standard InChI is InChI=1S/C37H35BrN2O8S/c1-20-11-13-25(14-12-20)49(43,44)48-34-22(3)35-29(46-19-47-35)16-24(34)15-27-32-30-26(31(38)21(2)36(45-5)33(30)41)17-28(39(32)4)37(42)40(27)18-23-9-7-6-8-10-23/h6-16,28,32,41H,17-19H2,1-5H3/b27-15+/t28-,32-/m0/s1. The lowest BCUT2D eigenvalue weighted by atomic mass is 9.81. The third-order valence-corrected chi connectivity index (χ3v) is 11.8. The first-order chi connectivity index (χ1) is 23.4. The van der Waals surface area contributed by atoms with E-state index in [-0.39, 0.29) is 35.6 Å². The topological polar surface area (TPSA) is 115 Å². The molecule has 0 spiro atoms. The van der Waals surface area contributed by atoms with Crippen LogP contribution in [0.5, 0.6) is 28.7 Å². The number of hydrogen-bond acceptors (Lipinski definition) is 9. The Morgan fingerprint density at radius 2 is 1.73 bits per heavy atom. The van der Waals surface area contributed by atoms with Gasteiger partial charge in [-0.25, -0.2) is 0 Å². The Kier molecular flexibility index (Phi) is 8.36. The predicted octanol–water partition coefficient (Wildman–Crippen LogP) is 6.57. The summed E-state index contributed by atoms with van der Waals surface area (Å²) in [5.41, 5.74) is 5.22. The van der Waals surface area contributed by atoms with Gasteiger partial charge in [0.05, 0.1) is 25.7 Å². The number of phenols is 1. The molecule has 0 aliphatic carbocycles. The molecular weight excluding hydrogens is 712 g/mol. The number of rotatable bonds is 7. The number of hydrogen-bond donors (Lipinski definition) is 1. The maximum absolute atomic E-state index is 14.5. The number of carbonyl (C=O) groups is 1. The second-order valence-corrected chi connectivity index (χ2v) is 14.8. The summed E-state index contributed by atoms with van der Waals surface area (Å²) in [6.07, 6.45) is 2.12. The van der Waals surface area contributed by atoms with Gasteiger partial charge in [0.25, 0.3) is 0 Å². The van der Waals surface area contributed by atoms with Gasteiger partial charge < -0.3 is 28.4 Å². The van der Waals surface area contributed by atoms with Crippen LogP contribution in [-0.2, 0) is 27.9 Å². The molecule has 4 aromatic rings. The van der Waals surface area contributed by atoms with Crippen LogP contribution in [0, 0.1) is 20.8 Å². The Labute approximate surface area is 293 Å². The van der Waals surface area contributed by atoms with E-state index in [4.69, 9.17) is 18.4 Å². The highest BCUT2D eigenvalue weighted by atomic mass is 79.9. The Hall–Kier alpha value is -4.52. The van der Waals surface area contributed by atoms with Crippen molar-refractivity contribution in [1.82, 2.24) is 9.80 Å². The molecule has 10 nitrogen and oxygen atoms in total. The number of nitrogens with zero attached hydrogens (tertiary/aromatic N) is 2. The summed E-state index contributed by atoms with van der Waals surface area (Å²) in [6, 6.07) is 16.5. The van der Waals surface area contributed by atoms with Gasteiger partial charge in [-0.2, -0.15) is 8.42 Å². The van der Waals surface area contributed by atoms with E-state index in [0.717, 1.165) is 26.7 Å². The number of likely N-dealkylation sites (N-methyl/N-ethyl adjacent to an activating group) is 1. The van der Waals surface area contributed by atoms with Crippen LogP contribution in [0.2, 0.25) is 0 Å². The average molecular weight is 748 g/mol. The summed E-state index contributed by atoms with van der Waals surface area (Å²) < 4.78 is 51.2. The Bertz CT molecular complexity index is 2130. The van der Waals surface area contributed by atoms with Crippen molar-refractivity contribution >= 4 is 38.0 Å². The first-order valence-corrected chi connectivity index (χ1v) is 17.9. The molecule has 1 N–H and O–H groups in total. The van der Waals surface area contributed by atoms with Gasteiger partial charge in [-0.15, -0.1) is 0 Å².